The minimum absolute atomic E-state index is 0.0934. The van der Waals surface area contributed by atoms with Crippen molar-refractivity contribution in [2.75, 3.05) is 4.90 Å². The van der Waals surface area contributed by atoms with Gasteiger partial charge in [0.2, 0.25) is 0 Å². The molecule has 0 aromatic heterocycles. The van der Waals surface area contributed by atoms with Gasteiger partial charge in [0.05, 0.1) is 5.69 Å². The van der Waals surface area contributed by atoms with E-state index in [1.807, 2.05) is 0 Å². The number of nitrogens with zero attached hydrogens (tertiary/aromatic N) is 1. The topological polar surface area (TPSA) is 3.24 Å². The van der Waals surface area contributed by atoms with Crippen LogP contribution >= 0.6 is 0 Å². The van der Waals surface area contributed by atoms with Crippen LogP contribution in [-0.4, -0.2) is 0 Å². The lowest BCUT2D eigenvalue weighted by molar-refractivity contribution is 0.660. The Bertz CT molecular complexity index is 2020. The van der Waals surface area contributed by atoms with E-state index in [9.17, 15) is 0 Å². The van der Waals surface area contributed by atoms with Crippen molar-refractivity contribution in [3.05, 3.63) is 161 Å². The smallest absolute Gasteiger partial charge is 0.0543 e. The molecule has 1 nitrogen and oxygen atoms in total. The highest BCUT2D eigenvalue weighted by molar-refractivity contribution is 5.96. The van der Waals surface area contributed by atoms with E-state index in [2.05, 4.69) is 159 Å². The Hall–Kier alpha value is -4.88. The minimum atomic E-state index is -0.0934. The number of rotatable bonds is 5. The second-order valence-corrected chi connectivity index (χ2v) is 13.3. The van der Waals surface area contributed by atoms with E-state index >= 15 is 0 Å². The Morgan fingerprint density at radius 3 is 1.96 bits per heavy atom. The second kappa shape index (κ2) is 10.9. The molecule has 0 N–H and O–H groups in total. The molecule has 0 radical (unpaired) electrons. The van der Waals surface area contributed by atoms with E-state index in [-0.39, 0.29) is 5.41 Å². The Morgan fingerprint density at radius 2 is 1.18 bits per heavy atom. The van der Waals surface area contributed by atoms with Crippen molar-refractivity contribution < 1.29 is 0 Å². The van der Waals surface area contributed by atoms with Gasteiger partial charge in [0, 0.05) is 22.4 Å². The first kappa shape index (κ1) is 27.7. The summed E-state index contributed by atoms with van der Waals surface area (Å²) in [4.78, 5) is 2.49. The van der Waals surface area contributed by atoms with Crippen LogP contribution in [0.15, 0.2) is 133 Å². The van der Waals surface area contributed by atoms with Crippen LogP contribution in [0.3, 0.4) is 0 Å². The van der Waals surface area contributed by atoms with Gasteiger partial charge in [-0.1, -0.05) is 111 Å². The molecule has 0 atom stereocenters. The third kappa shape index (κ3) is 4.61. The lowest BCUT2D eigenvalue weighted by atomic mass is 9.79. The normalized spacial score (nSPS) is 14.4. The lowest BCUT2D eigenvalue weighted by Crippen LogP contribution is -2.17. The summed E-state index contributed by atoms with van der Waals surface area (Å²) in [5.74, 6) is 0. The highest BCUT2D eigenvalue weighted by Crippen LogP contribution is 2.54. The van der Waals surface area contributed by atoms with E-state index in [0.717, 1.165) is 12.1 Å². The minimum Gasteiger partial charge on any atom is -0.310 e. The summed E-state index contributed by atoms with van der Waals surface area (Å²) >= 11 is 0. The molecule has 220 valence electrons. The fraction of sp³-hybridized carbons (Fsp3) is 0.182. The van der Waals surface area contributed by atoms with E-state index in [1.165, 1.54) is 86.3 Å². The number of para-hydroxylation sites is 1. The van der Waals surface area contributed by atoms with Crippen molar-refractivity contribution in [3.63, 3.8) is 0 Å². The van der Waals surface area contributed by atoms with Gasteiger partial charge in [-0.2, -0.15) is 0 Å². The van der Waals surface area contributed by atoms with Gasteiger partial charge >= 0.3 is 0 Å². The molecule has 8 rings (SSSR count). The summed E-state index contributed by atoms with van der Waals surface area (Å²) in [5, 5.41) is 0. The molecular formula is C44H39N. The third-order valence-corrected chi connectivity index (χ3v) is 10.2. The van der Waals surface area contributed by atoms with Gasteiger partial charge < -0.3 is 4.90 Å². The maximum Gasteiger partial charge on any atom is 0.0543 e. The van der Waals surface area contributed by atoms with Crippen molar-refractivity contribution in [3.8, 4) is 33.4 Å². The summed E-state index contributed by atoms with van der Waals surface area (Å²) in [6.45, 7) is 7.08. The van der Waals surface area contributed by atoms with Crippen molar-refractivity contribution in [2.24, 2.45) is 0 Å². The second-order valence-electron chi connectivity index (χ2n) is 13.3. The van der Waals surface area contributed by atoms with Crippen LogP contribution in [-0.2, 0) is 18.3 Å². The van der Waals surface area contributed by atoms with Gasteiger partial charge in [0.15, 0.2) is 0 Å². The number of benzene rings is 6. The van der Waals surface area contributed by atoms with Gasteiger partial charge in [0.1, 0.15) is 0 Å². The zero-order valence-electron chi connectivity index (χ0n) is 26.5. The number of anilines is 3. The van der Waals surface area contributed by atoms with Crippen LogP contribution in [0.4, 0.5) is 17.1 Å². The highest BCUT2D eigenvalue weighted by Gasteiger charge is 2.37. The quantitative estimate of drug-likeness (QED) is 0.196. The van der Waals surface area contributed by atoms with E-state index in [4.69, 9.17) is 0 Å². The molecule has 1 heteroatoms. The number of fused-ring (bicyclic) bond motifs is 4. The van der Waals surface area contributed by atoms with Crippen molar-refractivity contribution in [1.29, 1.82) is 0 Å². The van der Waals surface area contributed by atoms with Gasteiger partial charge in [0.25, 0.3) is 0 Å². The summed E-state index contributed by atoms with van der Waals surface area (Å²) in [6.07, 6.45) is 4.84. The molecule has 6 aromatic carbocycles. The third-order valence-electron chi connectivity index (χ3n) is 10.2. The van der Waals surface area contributed by atoms with Crippen LogP contribution in [0.1, 0.15) is 54.5 Å². The van der Waals surface area contributed by atoms with Crippen molar-refractivity contribution >= 4 is 17.1 Å². The molecule has 45 heavy (non-hydrogen) atoms. The van der Waals surface area contributed by atoms with Crippen molar-refractivity contribution in [2.45, 2.75) is 51.9 Å². The standard InChI is InChI=1S/C44H39N/c1-30-22-23-33-16-10-11-19-36(33)43(30)39-28-38-37-20-12-13-21-40(37)44(2,3)41(38)29-42(39)45(34-17-8-5-9-18-34)35-26-24-32(25-27-35)31-14-6-4-7-15-31/h4-9,12-15,17-18,20-29H,10-11,16,19H2,1-3H3. The number of aryl methyl sites for hydroxylation is 2. The average Bonchev–Trinajstić information content (AvgIpc) is 3.31. The first-order chi connectivity index (χ1) is 22.0. The first-order valence-electron chi connectivity index (χ1n) is 16.4. The Kier molecular flexibility index (Phi) is 6.72. The molecule has 2 aliphatic carbocycles. The van der Waals surface area contributed by atoms with Crippen molar-refractivity contribution in [1.82, 2.24) is 0 Å². The molecule has 0 aliphatic heterocycles. The zero-order valence-corrected chi connectivity index (χ0v) is 26.5. The molecule has 0 bridgehead atoms. The molecule has 0 saturated heterocycles. The predicted molar refractivity (Wildman–Crippen MR) is 191 cm³/mol. The summed E-state index contributed by atoms with van der Waals surface area (Å²) in [6, 6.07) is 49.5. The molecular weight excluding hydrogens is 542 g/mol. The Labute approximate surface area is 267 Å². The molecule has 0 spiro atoms. The molecule has 0 unspecified atom stereocenters. The summed E-state index contributed by atoms with van der Waals surface area (Å²) in [5.41, 5.74) is 18.7. The molecule has 0 heterocycles. The SMILES string of the molecule is Cc1ccc2c(c1-c1cc3c(cc1N(c1ccccc1)c1ccc(-c4ccccc4)cc1)C(C)(C)c1ccccc1-3)CCCC2. The van der Waals surface area contributed by atoms with Gasteiger partial charge in [-0.25, -0.2) is 0 Å². The fourth-order valence-electron chi connectivity index (χ4n) is 7.88. The largest absolute Gasteiger partial charge is 0.310 e. The molecule has 2 aliphatic rings. The van der Waals surface area contributed by atoms with E-state index in [1.54, 1.807) is 5.56 Å². The average molecular weight is 582 g/mol. The predicted octanol–water partition coefficient (Wildman–Crippen LogP) is 12.0. The number of hydrogen-bond donors (Lipinski definition) is 0. The van der Waals surface area contributed by atoms with Crippen LogP contribution < -0.4 is 4.90 Å². The van der Waals surface area contributed by atoms with Crippen LogP contribution in [0.25, 0.3) is 33.4 Å². The summed E-state index contributed by atoms with van der Waals surface area (Å²) in [7, 11) is 0. The maximum absolute atomic E-state index is 2.53. The molecule has 0 amide bonds. The zero-order chi connectivity index (χ0) is 30.5. The van der Waals surface area contributed by atoms with Crippen LogP contribution in [0.5, 0.6) is 0 Å². The Balaban J connectivity index is 1.42. The molecule has 6 aromatic rings. The van der Waals surface area contributed by atoms with E-state index in [0.29, 0.717) is 0 Å². The van der Waals surface area contributed by atoms with Gasteiger partial charge in [-0.15, -0.1) is 0 Å². The lowest BCUT2D eigenvalue weighted by Gasteiger charge is -2.32. The molecule has 0 saturated carbocycles. The fourth-order valence-corrected chi connectivity index (χ4v) is 7.88. The molecule has 0 fully saturated rings. The Morgan fingerprint density at radius 1 is 0.533 bits per heavy atom. The first-order valence-corrected chi connectivity index (χ1v) is 16.4. The highest BCUT2D eigenvalue weighted by atomic mass is 15.1. The van der Waals surface area contributed by atoms with Gasteiger partial charge in [-0.05, 0) is 125 Å². The van der Waals surface area contributed by atoms with Gasteiger partial charge in [-0.3, -0.25) is 0 Å². The number of hydrogen-bond acceptors (Lipinski definition) is 1. The summed E-state index contributed by atoms with van der Waals surface area (Å²) < 4.78 is 0. The van der Waals surface area contributed by atoms with Crippen LogP contribution in [0, 0.1) is 6.92 Å². The maximum atomic E-state index is 2.53. The monoisotopic (exact) mass is 581 g/mol. The van der Waals surface area contributed by atoms with Crippen LogP contribution in [0.2, 0.25) is 0 Å². The van der Waals surface area contributed by atoms with E-state index < -0.39 is 0 Å².